The summed E-state index contributed by atoms with van der Waals surface area (Å²) in [6.45, 7) is 1.71. The lowest BCUT2D eigenvalue weighted by Crippen LogP contribution is -2.16. The fourth-order valence-electron chi connectivity index (χ4n) is 1.64. The lowest BCUT2D eigenvalue weighted by molar-refractivity contribution is 0.601. The maximum Gasteiger partial charge on any atom is 0.265 e. The lowest BCUT2D eigenvalue weighted by atomic mass is 10.3. The number of hydrogen-bond donors (Lipinski definition) is 2. The molecule has 5 nitrogen and oxygen atoms in total. The zero-order chi connectivity index (χ0) is 14.9. The van der Waals surface area contributed by atoms with Crippen LogP contribution in [0.5, 0.6) is 0 Å². The molecule has 0 spiro atoms. The smallest absolute Gasteiger partial charge is 0.265 e. The van der Waals surface area contributed by atoms with Crippen molar-refractivity contribution in [2.24, 2.45) is 0 Å². The SMILES string of the molecule is Cc1ccnc(Cl)c1NS(=O)(=O)c1c(N)cccc1Cl. The number of nitrogens with two attached hydrogens (primary N) is 1. The molecule has 0 saturated heterocycles. The molecule has 2 rings (SSSR count). The summed E-state index contributed by atoms with van der Waals surface area (Å²) in [5.74, 6) is 0. The van der Waals surface area contributed by atoms with Crippen molar-refractivity contribution in [1.29, 1.82) is 0 Å². The quantitative estimate of drug-likeness (QED) is 0.668. The van der Waals surface area contributed by atoms with E-state index in [0.29, 0.717) is 5.56 Å². The van der Waals surface area contributed by atoms with Crippen molar-refractivity contribution in [3.63, 3.8) is 0 Å². The highest BCUT2D eigenvalue weighted by atomic mass is 35.5. The van der Waals surface area contributed by atoms with Gasteiger partial charge < -0.3 is 5.73 Å². The van der Waals surface area contributed by atoms with E-state index in [9.17, 15) is 8.42 Å². The maximum atomic E-state index is 12.4. The number of sulfonamides is 1. The Morgan fingerprint density at radius 3 is 2.55 bits per heavy atom. The normalized spacial score (nSPS) is 11.3. The van der Waals surface area contributed by atoms with E-state index in [4.69, 9.17) is 28.9 Å². The van der Waals surface area contributed by atoms with Crippen LogP contribution in [0.2, 0.25) is 10.2 Å². The molecule has 106 valence electrons. The Kier molecular flexibility index (Phi) is 4.08. The Hall–Kier alpha value is -1.50. The summed E-state index contributed by atoms with van der Waals surface area (Å²) in [6, 6.07) is 6.11. The predicted octanol–water partition coefficient (Wildman–Crippen LogP) is 3.08. The van der Waals surface area contributed by atoms with Gasteiger partial charge in [-0.15, -0.1) is 0 Å². The second kappa shape index (κ2) is 5.47. The first-order valence-electron chi connectivity index (χ1n) is 5.51. The van der Waals surface area contributed by atoms with Crippen molar-refractivity contribution in [2.45, 2.75) is 11.8 Å². The van der Waals surface area contributed by atoms with E-state index in [2.05, 4.69) is 9.71 Å². The standard InChI is InChI=1S/C12H11Cl2N3O2S/c1-7-5-6-16-12(14)10(7)17-20(18,19)11-8(13)3-2-4-9(11)15/h2-6,17H,15H2,1H3. The number of rotatable bonds is 3. The van der Waals surface area contributed by atoms with Crippen molar-refractivity contribution in [3.8, 4) is 0 Å². The highest BCUT2D eigenvalue weighted by Gasteiger charge is 2.23. The molecule has 0 aliphatic heterocycles. The first kappa shape index (κ1) is 14.9. The van der Waals surface area contributed by atoms with Gasteiger partial charge in [0, 0.05) is 6.20 Å². The fourth-order valence-corrected chi connectivity index (χ4v) is 3.77. The van der Waals surface area contributed by atoms with Gasteiger partial charge in [-0.3, -0.25) is 4.72 Å². The number of nitrogens with one attached hydrogen (secondary N) is 1. The van der Waals surface area contributed by atoms with Crippen LogP contribution >= 0.6 is 23.2 Å². The third-order valence-electron chi connectivity index (χ3n) is 2.62. The summed E-state index contributed by atoms with van der Waals surface area (Å²) in [5.41, 5.74) is 6.58. The van der Waals surface area contributed by atoms with Crippen LogP contribution in [0.1, 0.15) is 5.56 Å². The molecule has 0 fully saturated rings. The second-order valence-corrected chi connectivity index (χ2v) is 6.44. The largest absolute Gasteiger partial charge is 0.398 e. The first-order chi connectivity index (χ1) is 9.33. The maximum absolute atomic E-state index is 12.4. The van der Waals surface area contributed by atoms with Gasteiger partial charge in [-0.1, -0.05) is 29.3 Å². The predicted molar refractivity (Wildman–Crippen MR) is 80.7 cm³/mol. The minimum Gasteiger partial charge on any atom is -0.398 e. The first-order valence-corrected chi connectivity index (χ1v) is 7.75. The van der Waals surface area contributed by atoms with Crippen molar-refractivity contribution >= 4 is 44.6 Å². The molecule has 3 N–H and O–H groups in total. The summed E-state index contributed by atoms with van der Waals surface area (Å²) in [4.78, 5) is 3.66. The molecule has 1 aromatic heterocycles. The van der Waals surface area contributed by atoms with Crippen molar-refractivity contribution in [3.05, 3.63) is 46.2 Å². The van der Waals surface area contributed by atoms with Crippen LogP contribution in [-0.2, 0) is 10.0 Å². The number of anilines is 2. The van der Waals surface area contributed by atoms with Crippen LogP contribution in [0.3, 0.4) is 0 Å². The minimum absolute atomic E-state index is 0.0372. The molecule has 0 bridgehead atoms. The van der Waals surface area contributed by atoms with Gasteiger partial charge in [-0.05, 0) is 30.7 Å². The molecule has 0 amide bonds. The molecule has 20 heavy (non-hydrogen) atoms. The van der Waals surface area contributed by atoms with Crippen LogP contribution in [0.25, 0.3) is 0 Å². The van der Waals surface area contributed by atoms with Gasteiger partial charge in [0.2, 0.25) is 0 Å². The van der Waals surface area contributed by atoms with Crippen molar-refractivity contribution in [1.82, 2.24) is 4.98 Å². The second-order valence-electron chi connectivity index (χ2n) is 4.06. The molecule has 1 aromatic carbocycles. The van der Waals surface area contributed by atoms with Gasteiger partial charge in [0.15, 0.2) is 5.15 Å². The van der Waals surface area contributed by atoms with Crippen LogP contribution in [0, 0.1) is 6.92 Å². The summed E-state index contributed by atoms with van der Waals surface area (Å²) in [5, 5.41) is 0.0920. The van der Waals surface area contributed by atoms with Gasteiger partial charge >= 0.3 is 0 Å². The number of aromatic nitrogens is 1. The highest BCUT2D eigenvalue weighted by Crippen LogP contribution is 2.31. The summed E-state index contributed by atoms with van der Waals surface area (Å²) in [7, 11) is -3.95. The third-order valence-corrected chi connectivity index (χ3v) is 4.80. The van der Waals surface area contributed by atoms with E-state index in [1.54, 1.807) is 19.1 Å². The molecule has 0 unspecified atom stereocenters. The van der Waals surface area contributed by atoms with Crippen molar-refractivity contribution < 1.29 is 8.42 Å². The molecule has 1 heterocycles. The van der Waals surface area contributed by atoms with Crippen LogP contribution in [-0.4, -0.2) is 13.4 Å². The van der Waals surface area contributed by atoms with Crippen molar-refractivity contribution in [2.75, 3.05) is 10.5 Å². The lowest BCUT2D eigenvalue weighted by Gasteiger charge is -2.13. The number of aryl methyl sites for hydroxylation is 1. The van der Waals surface area contributed by atoms with Gasteiger partial charge in [0.25, 0.3) is 10.0 Å². The molecular formula is C12H11Cl2N3O2S. The number of pyridine rings is 1. The van der Waals surface area contributed by atoms with E-state index in [1.165, 1.54) is 18.3 Å². The Morgan fingerprint density at radius 1 is 1.25 bits per heavy atom. The average molecular weight is 332 g/mol. The number of halogens is 2. The molecule has 0 atom stereocenters. The summed E-state index contributed by atoms with van der Waals surface area (Å²) < 4.78 is 27.1. The number of nitrogens with zero attached hydrogens (tertiary/aromatic N) is 1. The van der Waals surface area contributed by atoms with E-state index in [0.717, 1.165) is 0 Å². The van der Waals surface area contributed by atoms with E-state index < -0.39 is 10.0 Å². The van der Waals surface area contributed by atoms with Gasteiger partial charge in [-0.2, -0.15) is 0 Å². The number of hydrogen-bond acceptors (Lipinski definition) is 4. The Morgan fingerprint density at radius 2 is 1.95 bits per heavy atom. The topological polar surface area (TPSA) is 85.1 Å². The average Bonchev–Trinajstić information content (AvgIpc) is 2.33. The molecule has 0 radical (unpaired) electrons. The highest BCUT2D eigenvalue weighted by molar-refractivity contribution is 7.93. The van der Waals surface area contributed by atoms with Gasteiger partial charge in [0.1, 0.15) is 4.90 Å². The molecule has 2 aromatic rings. The van der Waals surface area contributed by atoms with Gasteiger partial charge in [0.05, 0.1) is 16.4 Å². The molecular weight excluding hydrogens is 321 g/mol. The van der Waals surface area contributed by atoms with E-state index in [1.807, 2.05) is 0 Å². The fraction of sp³-hybridized carbons (Fsp3) is 0.0833. The Bertz CT molecular complexity index is 723. The third kappa shape index (κ3) is 2.82. The molecule has 8 heteroatoms. The zero-order valence-corrected chi connectivity index (χ0v) is 12.7. The van der Waals surface area contributed by atoms with Crippen LogP contribution in [0.4, 0.5) is 11.4 Å². The zero-order valence-electron chi connectivity index (χ0n) is 10.4. The Balaban J connectivity index is 2.53. The summed E-state index contributed by atoms with van der Waals surface area (Å²) >= 11 is 11.8. The van der Waals surface area contributed by atoms with E-state index in [-0.39, 0.29) is 26.4 Å². The summed E-state index contributed by atoms with van der Waals surface area (Å²) in [6.07, 6.45) is 1.49. The molecule has 0 aliphatic carbocycles. The monoisotopic (exact) mass is 331 g/mol. The van der Waals surface area contributed by atoms with E-state index >= 15 is 0 Å². The number of nitrogen functional groups attached to an aromatic ring is 1. The van der Waals surface area contributed by atoms with Crippen LogP contribution in [0.15, 0.2) is 35.4 Å². The molecule has 0 aliphatic rings. The molecule has 0 saturated carbocycles. The number of benzene rings is 1. The van der Waals surface area contributed by atoms with Crippen LogP contribution < -0.4 is 10.5 Å². The Labute approximate surface area is 126 Å². The van der Waals surface area contributed by atoms with Gasteiger partial charge in [-0.25, -0.2) is 13.4 Å². The minimum atomic E-state index is -3.95.